The Bertz CT molecular complexity index is 424. The first-order chi connectivity index (χ1) is 9.09. The fourth-order valence-electron chi connectivity index (χ4n) is 2.24. The monoisotopic (exact) mass is 283 g/mol. The highest BCUT2D eigenvalue weighted by molar-refractivity contribution is 6.30. The molecule has 1 aliphatic heterocycles. The summed E-state index contributed by atoms with van der Waals surface area (Å²) in [6.07, 6.45) is -0.299. The number of ether oxygens (including phenoxy) is 1. The predicted molar refractivity (Wildman–Crippen MR) is 72.7 cm³/mol. The molecule has 104 valence electrons. The second kappa shape index (κ2) is 6.37. The quantitative estimate of drug-likeness (QED) is 0.857. The molecule has 0 spiro atoms. The lowest BCUT2D eigenvalue weighted by atomic mass is 10.1. The van der Waals surface area contributed by atoms with E-state index in [-0.39, 0.29) is 11.9 Å². The van der Waals surface area contributed by atoms with Crippen molar-refractivity contribution in [2.75, 3.05) is 6.61 Å². The minimum Gasteiger partial charge on any atom is -0.366 e. The van der Waals surface area contributed by atoms with Crippen molar-refractivity contribution in [3.8, 4) is 0 Å². The van der Waals surface area contributed by atoms with Crippen LogP contribution in [0, 0.1) is 0 Å². The molecule has 0 bridgehead atoms. The Kier molecular flexibility index (Phi) is 4.80. The normalized spacial score (nSPS) is 24.2. The molecule has 1 aromatic carbocycles. The maximum atomic E-state index is 12.2. The van der Waals surface area contributed by atoms with Crippen LogP contribution in [0.3, 0.4) is 0 Å². The lowest BCUT2D eigenvalue weighted by Crippen LogP contribution is -2.46. The Morgan fingerprint density at radius 1 is 1.53 bits per heavy atom. The second-order valence-electron chi connectivity index (χ2n) is 4.69. The minimum absolute atomic E-state index is 0.180. The Hall–Kier alpha value is -1.10. The first-order valence-corrected chi connectivity index (χ1v) is 6.81. The van der Waals surface area contributed by atoms with Crippen molar-refractivity contribution >= 4 is 17.5 Å². The zero-order valence-corrected chi connectivity index (χ0v) is 11.6. The Morgan fingerprint density at radius 3 is 2.74 bits per heavy atom. The van der Waals surface area contributed by atoms with Gasteiger partial charge in [0.15, 0.2) is 6.29 Å². The SMILES string of the molecule is C[C@@H](Cl)C(=O)N(Cc1ccccc1)C1CCOC1O. The van der Waals surface area contributed by atoms with Gasteiger partial charge < -0.3 is 14.7 Å². The summed E-state index contributed by atoms with van der Waals surface area (Å²) in [6, 6.07) is 9.33. The van der Waals surface area contributed by atoms with Crippen LogP contribution < -0.4 is 0 Å². The van der Waals surface area contributed by atoms with E-state index in [0.29, 0.717) is 19.6 Å². The molecule has 3 atom stereocenters. The molecule has 0 aliphatic carbocycles. The number of amides is 1. The number of benzene rings is 1. The summed E-state index contributed by atoms with van der Waals surface area (Å²) in [7, 11) is 0. The van der Waals surface area contributed by atoms with Crippen molar-refractivity contribution in [2.24, 2.45) is 0 Å². The molecule has 5 heteroatoms. The summed E-state index contributed by atoms with van der Waals surface area (Å²) >= 11 is 5.90. The number of hydrogen-bond donors (Lipinski definition) is 1. The van der Waals surface area contributed by atoms with Crippen LogP contribution in [-0.4, -0.2) is 40.2 Å². The number of carbonyl (C=O) groups is 1. The molecule has 1 heterocycles. The van der Waals surface area contributed by atoms with E-state index in [9.17, 15) is 9.90 Å². The number of alkyl halides is 1. The average Bonchev–Trinajstić information content (AvgIpc) is 2.82. The molecular formula is C14H18ClNO3. The summed E-state index contributed by atoms with van der Waals surface area (Å²) in [5.74, 6) is -0.180. The summed E-state index contributed by atoms with van der Waals surface area (Å²) in [5.41, 5.74) is 1.01. The van der Waals surface area contributed by atoms with E-state index >= 15 is 0 Å². The van der Waals surface area contributed by atoms with Gasteiger partial charge >= 0.3 is 0 Å². The van der Waals surface area contributed by atoms with Gasteiger partial charge in [-0.2, -0.15) is 0 Å². The van der Waals surface area contributed by atoms with Crippen LogP contribution in [0.25, 0.3) is 0 Å². The topological polar surface area (TPSA) is 49.8 Å². The third kappa shape index (κ3) is 3.47. The van der Waals surface area contributed by atoms with Crippen molar-refractivity contribution < 1.29 is 14.6 Å². The first-order valence-electron chi connectivity index (χ1n) is 6.37. The largest absolute Gasteiger partial charge is 0.366 e. The molecular weight excluding hydrogens is 266 g/mol. The van der Waals surface area contributed by atoms with Crippen LogP contribution in [0.1, 0.15) is 18.9 Å². The van der Waals surface area contributed by atoms with E-state index in [2.05, 4.69) is 0 Å². The standard InChI is InChI=1S/C14H18ClNO3/c1-10(15)13(17)16(12-7-8-19-14(12)18)9-11-5-3-2-4-6-11/h2-6,10,12,14,18H,7-9H2,1H3/t10-,12?,14?/m1/s1. The van der Waals surface area contributed by atoms with Crippen molar-refractivity contribution in [3.63, 3.8) is 0 Å². The van der Waals surface area contributed by atoms with Gasteiger partial charge in [0.25, 0.3) is 0 Å². The summed E-state index contributed by atoms with van der Waals surface area (Å²) in [4.78, 5) is 13.8. The molecule has 19 heavy (non-hydrogen) atoms. The summed E-state index contributed by atoms with van der Waals surface area (Å²) in [6.45, 7) is 2.53. The number of rotatable bonds is 4. The van der Waals surface area contributed by atoms with Crippen LogP contribution in [-0.2, 0) is 16.1 Å². The smallest absolute Gasteiger partial charge is 0.241 e. The molecule has 0 aromatic heterocycles. The first kappa shape index (κ1) is 14.3. The molecule has 0 radical (unpaired) electrons. The third-order valence-corrected chi connectivity index (χ3v) is 3.44. The number of aliphatic hydroxyl groups is 1. The van der Waals surface area contributed by atoms with Crippen LogP contribution in [0.4, 0.5) is 0 Å². The predicted octanol–water partition coefficient (Wildman–Crippen LogP) is 1.75. The van der Waals surface area contributed by atoms with Gasteiger partial charge in [-0.25, -0.2) is 0 Å². The summed E-state index contributed by atoms with van der Waals surface area (Å²) in [5, 5.41) is 9.19. The fourth-order valence-corrected chi connectivity index (χ4v) is 2.37. The zero-order chi connectivity index (χ0) is 13.8. The van der Waals surface area contributed by atoms with Gasteiger partial charge in [0.05, 0.1) is 12.6 Å². The van der Waals surface area contributed by atoms with Crippen LogP contribution in [0.15, 0.2) is 30.3 Å². The van der Waals surface area contributed by atoms with Crippen LogP contribution in [0.2, 0.25) is 0 Å². The number of aliphatic hydroxyl groups excluding tert-OH is 1. The van der Waals surface area contributed by atoms with Gasteiger partial charge in [-0.1, -0.05) is 30.3 Å². The highest BCUT2D eigenvalue weighted by Crippen LogP contribution is 2.22. The zero-order valence-electron chi connectivity index (χ0n) is 10.8. The van der Waals surface area contributed by atoms with Crippen molar-refractivity contribution in [2.45, 2.75) is 37.6 Å². The van der Waals surface area contributed by atoms with Crippen molar-refractivity contribution in [1.82, 2.24) is 4.90 Å². The molecule has 1 amide bonds. The van der Waals surface area contributed by atoms with Gasteiger partial charge in [-0.05, 0) is 18.9 Å². The van der Waals surface area contributed by atoms with E-state index in [1.54, 1.807) is 11.8 Å². The maximum Gasteiger partial charge on any atom is 0.241 e. The van der Waals surface area contributed by atoms with Crippen LogP contribution >= 0.6 is 11.6 Å². The maximum absolute atomic E-state index is 12.2. The molecule has 1 aliphatic rings. The molecule has 1 N–H and O–H groups in total. The van der Waals surface area contributed by atoms with Gasteiger partial charge in [-0.15, -0.1) is 11.6 Å². The Morgan fingerprint density at radius 2 is 2.21 bits per heavy atom. The van der Waals surface area contributed by atoms with Crippen molar-refractivity contribution in [3.05, 3.63) is 35.9 Å². The van der Waals surface area contributed by atoms with E-state index in [1.165, 1.54) is 0 Å². The molecule has 0 saturated carbocycles. The second-order valence-corrected chi connectivity index (χ2v) is 5.34. The lowest BCUT2D eigenvalue weighted by Gasteiger charge is -2.31. The van der Waals surface area contributed by atoms with E-state index in [4.69, 9.17) is 16.3 Å². The third-order valence-electron chi connectivity index (χ3n) is 3.25. The lowest BCUT2D eigenvalue weighted by molar-refractivity contribution is -0.143. The Balaban J connectivity index is 2.17. The van der Waals surface area contributed by atoms with E-state index < -0.39 is 11.7 Å². The van der Waals surface area contributed by atoms with E-state index in [1.807, 2.05) is 30.3 Å². The molecule has 1 fully saturated rings. The number of halogens is 1. The molecule has 1 saturated heterocycles. The molecule has 2 unspecified atom stereocenters. The highest BCUT2D eigenvalue weighted by Gasteiger charge is 2.35. The highest BCUT2D eigenvalue weighted by atomic mass is 35.5. The minimum atomic E-state index is -0.928. The molecule has 2 rings (SSSR count). The Labute approximate surface area is 117 Å². The van der Waals surface area contributed by atoms with Gasteiger partial charge in [0.1, 0.15) is 5.38 Å². The van der Waals surface area contributed by atoms with Gasteiger partial charge in [0.2, 0.25) is 5.91 Å². The molecule has 1 aromatic rings. The fraction of sp³-hybridized carbons (Fsp3) is 0.500. The van der Waals surface area contributed by atoms with E-state index in [0.717, 1.165) is 5.56 Å². The van der Waals surface area contributed by atoms with Crippen LogP contribution in [0.5, 0.6) is 0 Å². The number of carbonyl (C=O) groups excluding carboxylic acids is 1. The number of nitrogens with zero attached hydrogens (tertiary/aromatic N) is 1. The average molecular weight is 284 g/mol. The van der Waals surface area contributed by atoms with Gasteiger partial charge in [-0.3, -0.25) is 4.79 Å². The molecule has 4 nitrogen and oxygen atoms in total. The number of hydrogen-bond acceptors (Lipinski definition) is 3. The van der Waals surface area contributed by atoms with Gasteiger partial charge in [0, 0.05) is 6.54 Å². The summed E-state index contributed by atoms with van der Waals surface area (Å²) < 4.78 is 5.13. The van der Waals surface area contributed by atoms with Crippen molar-refractivity contribution in [1.29, 1.82) is 0 Å².